The molecule has 0 aromatic carbocycles. The Morgan fingerprint density at radius 2 is 2.22 bits per heavy atom. The summed E-state index contributed by atoms with van der Waals surface area (Å²) in [5.74, 6) is -0.708. The summed E-state index contributed by atoms with van der Waals surface area (Å²) in [6, 6.07) is 0.379. The van der Waals surface area contributed by atoms with Gasteiger partial charge in [0.25, 0.3) is 0 Å². The summed E-state index contributed by atoms with van der Waals surface area (Å²) in [7, 11) is 1.77. The maximum absolute atomic E-state index is 11.5. The molecule has 2 fully saturated rings. The summed E-state index contributed by atoms with van der Waals surface area (Å²) in [6.07, 6.45) is 4.58. The predicted molar refractivity (Wildman–Crippen MR) is 68.7 cm³/mol. The molecule has 18 heavy (non-hydrogen) atoms. The van der Waals surface area contributed by atoms with Crippen molar-refractivity contribution in [3.63, 3.8) is 0 Å². The van der Waals surface area contributed by atoms with E-state index in [9.17, 15) is 9.90 Å². The molecule has 2 unspecified atom stereocenters. The van der Waals surface area contributed by atoms with Crippen molar-refractivity contribution in [2.45, 2.75) is 43.7 Å². The van der Waals surface area contributed by atoms with E-state index >= 15 is 0 Å². The quantitative estimate of drug-likeness (QED) is 0.778. The van der Waals surface area contributed by atoms with E-state index in [1.165, 1.54) is 0 Å². The predicted octanol–water partition coefficient (Wildman–Crippen LogP) is 0.694. The summed E-state index contributed by atoms with van der Waals surface area (Å²) in [5, 5.41) is 12.5. The molecule has 1 saturated carbocycles. The average Bonchev–Trinajstić information content (AvgIpc) is 2.67. The zero-order valence-electron chi connectivity index (χ0n) is 11.2. The SMILES string of the molecule is CNC1(C(=O)O)CCCC(N2CCCOCC2)C1. The van der Waals surface area contributed by atoms with Crippen LogP contribution >= 0.6 is 0 Å². The molecule has 1 heterocycles. The van der Waals surface area contributed by atoms with E-state index in [1.807, 2.05) is 0 Å². The lowest BCUT2D eigenvalue weighted by Gasteiger charge is -2.42. The number of aliphatic carboxylic acids is 1. The van der Waals surface area contributed by atoms with Gasteiger partial charge in [-0.15, -0.1) is 0 Å². The van der Waals surface area contributed by atoms with Crippen LogP contribution < -0.4 is 5.32 Å². The lowest BCUT2D eigenvalue weighted by atomic mass is 9.78. The van der Waals surface area contributed by atoms with Crippen molar-refractivity contribution in [2.24, 2.45) is 0 Å². The number of nitrogens with one attached hydrogen (secondary N) is 1. The second-order valence-corrected chi connectivity index (χ2v) is 5.39. The van der Waals surface area contributed by atoms with Crippen LogP contribution in [0.2, 0.25) is 0 Å². The van der Waals surface area contributed by atoms with E-state index in [-0.39, 0.29) is 0 Å². The molecule has 2 rings (SSSR count). The monoisotopic (exact) mass is 256 g/mol. The molecule has 0 spiro atoms. The molecule has 104 valence electrons. The third-order valence-electron chi connectivity index (χ3n) is 4.39. The zero-order chi connectivity index (χ0) is 13.0. The van der Waals surface area contributed by atoms with Crippen LogP contribution in [0, 0.1) is 0 Å². The number of hydrogen-bond donors (Lipinski definition) is 2. The van der Waals surface area contributed by atoms with Crippen LogP contribution in [-0.2, 0) is 9.53 Å². The minimum Gasteiger partial charge on any atom is -0.480 e. The molecule has 0 amide bonds. The van der Waals surface area contributed by atoms with Crippen molar-refractivity contribution >= 4 is 5.97 Å². The van der Waals surface area contributed by atoms with E-state index in [4.69, 9.17) is 4.74 Å². The molecule has 5 nitrogen and oxygen atoms in total. The number of hydrogen-bond acceptors (Lipinski definition) is 4. The standard InChI is InChI=1S/C13H24N2O3/c1-14-13(12(16)17)5-2-4-11(10-13)15-6-3-8-18-9-7-15/h11,14H,2-10H2,1H3,(H,16,17). The summed E-state index contributed by atoms with van der Waals surface area (Å²) in [4.78, 5) is 13.9. The van der Waals surface area contributed by atoms with E-state index in [0.717, 1.165) is 52.0 Å². The number of nitrogens with zero attached hydrogens (tertiary/aromatic N) is 1. The van der Waals surface area contributed by atoms with Crippen molar-refractivity contribution in [3.8, 4) is 0 Å². The fourth-order valence-corrected chi connectivity index (χ4v) is 3.22. The van der Waals surface area contributed by atoms with Crippen LogP contribution in [0.25, 0.3) is 0 Å². The highest BCUT2D eigenvalue weighted by Crippen LogP contribution is 2.31. The lowest BCUT2D eigenvalue weighted by Crippen LogP contribution is -2.57. The van der Waals surface area contributed by atoms with Crippen LogP contribution in [0.1, 0.15) is 32.1 Å². The highest BCUT2D eigenvalue weighted by atomic mass is 16.5. The van der Waals surface area contributed by atoms with Gasteiger partial charge in [-0.05, 0) is 39.2 Å². The molecule has 1 saturated heterocycles. The molecule has 2 atom stereocenters. The first-order chi connectivity index (χ1) is 8.68. The van der Waals surface area contributed by atoms with Gasteiger partial charge in [0.2, 0.25) is 0 Å². The zero-order valence-corrected chi connectivity index (χ0v) is 11.2. The van der Waals surface area contributed by atoms with Crippen molar-refractivity contribution in [3.05, 3.63) is 0 Å². The first kappa shape index (κ1) is 13.8. The minimum atomic E-state index is -0.726. The normalized spacial score (nSPS) is 35.1. The average molecular weight is 256 g/mol. The van der Waals surface area contributed by atoms with Crippen molar-refractivity contribution in [1.29, 1.82) is 0 Å². The number of ether oxygens (including phenoxy) is 1. The smallest absolute Gasteiger partial charge is 0.323 e. The lowest BCUT2D eigenvalue weighted by molar-refractivity contribution is -0.147. The van der Waals surface area contributed by atoms with Crippen LogP contribution in [0.3, 0.4) is 0 Å². The van der Waals surface area contributed by atoms with Crippen LogP contribution in [0.5, 0.6) is 0 Å². The number of carbonyl (C=O) groups is 1. The fourth-order valence-electron chi connectivity index (χ4n) is 3.22. The van der Waals surface area contributed by atoms with Crippen LogP contribution in [-0.4, -0.2) is 60.9 Å². The molecule has 2 aliphatic rings. The number of likely N-dealkylation sites (N-methyl/N-ethyl adjacent to an activating group) is 1. The van der Waals surface area contributed by atoms with Gasteiger partial charge in [0.05, 0.1) is 6.61 Å². The Kier molecular flexibility index (Phi) is 4.59. The van der Waals surface area contributed by atoms with Gasteiger partial charge in [-0.3, -0.25) is 9.69 Å². The molecular formula is C13H24N2O3. The van der Waals surface area contributed by atoms with E-state index in [2.05, 4.69) is 10.2 Å². The van der Waals surface area contributed by atoms with Crippen molar-refractivity contribution in [1.82, 2.24) is 10.2 Å². The van der Waals surface area contributed by atoms with Gasteiger partial charge in [0, 0.05) is 25.7 Å². The molecule has 0 bridgehead atoms. The van der Waals surface area contributed by atoms with Crippen molar-refractivity contribution < 1.29 is 14.6 Å². The summed E-state index contributed by atoms with van der Waals surface area (Å²) in [5.41, 5.74) is -0.726. The van der Waals surface area contributed by atoms with Crippen LogP contribution in [0.4, 0.5) is 0 Å². The van der Waals surface area contributed by atoms with Gasteiger partial charge in [-0.2, -0.15) is 0 Å². The van der Waals surface area contributed by atoms with Gasteiger partial charge in [0.15, 0.2) is 0 Å². The van der Waals surface area contributed by atoms with E-state index in [1.54, 1.807) is 7.05 Å². The Hall–Kier alpha value is -0.650. The minimum absolute atomic E-state index is 0.379. The van der Waals surface area contributed by atoms with Crippen LogP contribution in [0.15, 0.2) is 0 Å². The number of carboxylic acids is 1. The summed E-state index contributed by atoms with van der Waals surface area (Å²) in [6.45, 7) is 3.57. The molecule has 1 aliphatic carbocycles. The Balaban J connectivity index is 2.02. The molecular weight excluding hydrogens is 232 g/mol. The molecule has 0 radical (unpaired) electrons. The largest absolute Gasteiger partial charge is 0.480 e. The molecule has 0 aromatic heterocycles. The number of carboxylic acid groups (broad SMARTS) is 1. The Morgan fingerprint density at radius 1 is 1.39 bits per heavy atom. The van der Waals surface area contributed by atoms with Gasteiger partial charge < -0.3 is 15.2 Å². The van der Waals surface area contributed by atoms with Gasteiger partial charge in [-0.1, -0.05) is 0 Å². The molecule has 5 heteroatoms. The van der Waals surface area contributed by atoms with Gasteiger partial charge >= 0.3 is 5.97 Å². The maximum Gasteiger partial charge on any atom is 0.323 e. The van der Waals surface area contributed by atoms with E-state index in [0.29, 0.717) is 12.5 Å². The Labute approximate surface area is 108 Å². The number of rotatable bonds is 3. The highest BCUT2D eigenvalue weighted by Gasteiger charge is 2.43. The second kappa shape index (κ2) is 5.99. The third kappa shape index (κ3) is 2.84. The third-order valence-corrected chi connectivity index (χ3v) is 4.39. The highest BCUT2D eigenvalue weighted by molar-refractivity contribution is 5.79. The van der Waals surface area contributed by atoms with E-state index < -0.39 is 11.5 Å². The Morgan fingerprint density at radius 3 is 2.94 bits per heavy atom. The topological polar surface area (TPSA) is 61.8 Å². The van der Waals surface area contributed by atoms with Gasteiger partial charge in [0.1, 0.15) is 5.54 Å². The first-order valence-electron chi connectivity index (χ1n) is 6.92. The summed E-state index contributed by atoms with van der Waals surface area (Å²) < 4.78 is 5.47. The second-order valence-electron chi connectivity index (χ2n) is 5.39. The fraction of sp³-hybridized carbons (Fsp3) is 0.923. The molecule has 1 aliphatic heterocycles. The Bertz CT molecular complexity index is 290. The molecule has 0 aromatic rings. The summed E-state index contributed by atoms with van der Waals surface area (Å²) >= 11 is 0. The molecule has 2 N–H and O–H groups in total. The maximum atomic E-state index is 11.5. The first-order valence-corrected chi connectivity index (χ1v) is 6.92. The van der Waals surface area contributed by atoms with Crippen molar-refractivity contribution in [2.75, 3.05) is 33.4 Å². The van der Waals surface area contributed by atoms with Gasteiger partial charge in [-0.25, -0.2) is 0 Å².